The number of nitrogens with one attached hydrogen (secondary N) is 1. The van der Waals surface area contributed by atoms with Crippen molar-refractivity contribution in [2.75, 3.05) is 0 Å². The van der Waals surface area contributed by atoms with Crippen LogP contribution in [0.4, 0.5) is 4.39 Å². The molecule has 146 valence electrons. The number of ether oxygens (including phenoxy) is 1. The molecule has 1 aliphatic carbocycles. The quantitative estimate of drug-likeness (QED) is 0.650. The van der Waals surface area contributed by atoms with Gasteiger partial charge in [0.25, 0.3) is 5.56 Å². The second kappa shape index (κ2) is 7.94. The average Bonchev–Trinajstić information content (AvgIpc) is 2.70. The molecule has 0 unspecified atom stereocenters. The molecule has 2 aromatic carbocycles. The molecule has 1 atom stereocenters. The van der Waals surface area contributed by atoms with E-state index in [1.54, 1.807) is 24.4 Å². The molecule has 3 N–H and O–H groups in total. The van der Waals surface area contributed by atoms with Crippen LogP contribution in [-0.4, -0.2) is 11.1 Å². The topological polar surface area (TPSA) is 68.1 Å². The summed E-state index contributed by atoms with van der Waals surface area (Å²) in [6, 6.07) is 11.6. The minimum Gasteiger partial charge on any atom is -0.489 e. The van der Waals surface area contributed by atoms with Gasteiger partial charge in [0.05, 0.1) is 11.1 Å². The van der Waals surface area contributed by atoms with Crippen molar-refractivity contribution in [3.8, 4) is 5.75 Å². The average molecular weight is 401 g/mol. The maximum Gasteiger partial charge on any atom is 0.255 e. The lowest BCUT2D eigenvalue weighted by Crippen LogP contribution is -2.30. The summed E-state index contributed by atoms with van der Waals surface area (Å²) in [5.41, 5.74) is 7.20. The zero-order chi connectivity index (χ0) is 19.7. The summed E-state index contributed by atoms with van der Waals surface area (Å²) in [6.07, 6.45) is 5.31. The van der Waals surface area contributed by atoms with Crippen molar-refractivity contribution in [2.45, 2.75) is 37.8 Å². The van der Waals surface area contributed by atoms with Crippen molar-refractivity contribution < 1.29 is 9.13 Å². The summed E-state index contributed by atoms with van der Waals surface area (Å²) in [7, 11) is 0. The Balaban J connectivity index is 1.42. The zero-order valence-electron chi connectivity index (χ0n) is 15.3. The Morgan fingerprint density at radius 2 is 1.82 bits per heavy atom. The van der Waals surface area contributed by atoms with E-state index in [-0.39, 0.29) is 23.5 Å². The van der Waals surface area contributed by atoms with Gasteiger partial charge in [0.15, 0.2) is 0 Å². The molecule has 0 amide bonds. The van der Waals surface area contributed by atoms with Crippen LogP contribution in [0, 0.1) is 11.7 Å². The first kappa shape index (κ1) is 19.0. The summed E-state index contributed by atoms with van der Waals surface area (Å²) in [5.74, 6) is 0.698. The summed E-state index contributed by atoms with van der Waals surface area (Å²) in [4.78, 5) is 14.5. The van der Waals surface area contributed by atoms with Crippen LogP contribution in [0.3, 0.4) is 0 Å². The van der Waals surface area contributed by atoms with Crippen LogP contribution in [0.2, 0.25) is 5.02 Å². The normalized spacial score (nSPS) is 20.8. The highest BCUT2D eigenvalue weighted by molar-refractivity contribution is 6.32. The zero-order valence-corrected chi connectivity index (χ0v) is 16.1. The predicted octanol–water partition coefficient (Wildman–Crippen LogP) is 4.96. The van der Waals surface area contributed by atoms with Gasteiger partial charge in [-0.2, -0.15) is 0 Å². The Morgan fingerprint density at radius 3 is 2.54 bits per heavy atom. The molecule has 0 saturated heterocycles. The SMILES string of the molecule is N[C@@H](c1ccc(F)cc1)C1CCC(Oc2cc3cc[nH]c(=O)c3cc2Cl)CC1. The van der Waals surface area contributed by atoms with E-state index in [1.807, 2.05) is 12.1 Å². The lowest BCUT2D eigenvalue weighted by atomic mass is 9.80. The first-order valence-electron chi connectivity index (χ1n) is 9.50. The van der Waals surface area contributed by atoms with Gasteiger partial charge in [0.1, 0.15) is 11.6 Å². The molecule has 1 aliphatic rings. The number of H-pyrrole nitrogens is 1. The lowest BCUT2D eigenvalue weighted by Gasteiger charge is -2.32. The molecular formula is C22H22ClFN2O2. The Bertz CT molecular complexity index is 1030. The van der Waals surface area contributed by atoms with Gasteiger partial charge < -0.3 is 15.5 Å². The second-order valence-corrected chi connectivity index (χ2v) is 7.82. The summed E-state index contributed by atoms with van der Waals surface area (Å²) >= 11 is 6.34. The number of hydrogen-bond donors (Lipinski definition) is 2. The van der Waals surface area contributed by atoms with E-state index in [0.29, 0.717) is 22.1 Å². The van der Waals surface area contributed by atoms with Crippen molar-refractivity contribution in [3.05, 3.63) is 75.4 Å². The molecule has 1 heterocycles. The number of pyridine rings is 1. The molecule has 0 aliphatic heterocycles. The highest BCUT2D eigenvalue weighted by Crippen LogP contribution is 2.36. The van der Waals surface area contributed by atoms with Gasteiger partial charge in [-0.3, -0.25) is 4.79 Å². The van der Waals surface area contributed by atoms with Gasteiger partial charge in [-0.25, -0.2) is 4.39 Å². The molecule has 6 heteroatoms. The monoisotopic (exact) mass is 400 g/mol. The van der Waals surface area contributed by atoms with E-state index < -0.39 is 0 Å². The Kier molecular flexibility index (Phi) is 5.38. The van der Waals surface area contributed by atoms with Gasteiger partial charge in [-0.1, -0.05) is 23.7 Å². The minimum absolute atomic E-state index is 0.0635. The predicted molar refractivity (Wildman–Crippen MR) is 109 cm³/mol. The molecule has 1 aromatic heterocycles. The first-order chi connectivity index (χ1) is 13.5. The largest absolute Gasteiger partial charge is 0.489 e. The fourth-order valence-electron chi connectivity index (χ4n) is 3.98. The molecule has 0 radical (unpaired) electrons. The van der Waals surface area contributed by atoms with E-state index in [4.69, 9.17) is 22.1 Å². The second-order valence-electron chi connectivity index (χ2n) is 7.41. The van der Waals surface area contributed by atoms with Crippen LogP contribution >= 0.6 is 11.6 Å². The van der Waals surface area contributed by atoms with E-state index in [2.05, 4.69) is 4.98 Å². The molecule has 28 heavy (non-hydrogen) atoms. The molecular weight excluding hydrogens is 379 g/mol. The number of rotatable bonds is 4. The van der Waals surface area contributed by atoms with Gasteiger partial charge in [0.2, 0.25) is 0 Å². The van der Waals surface area contributed by atoms with Crippen LogP contribution < -0.4 is 16.0 Å². The molecule has 4 nitrogen and oxygen atoms in total. The summed E-state index contributed by atoms with van der Waals surface area (Å²) < 4.78 is 19.3. The van der Waals surface area contributed by atoms with E-state index in [9.17, 15) is 9.18 Å². The van der Waals surface area contributed by atoms with Crippen molar-refractivity contribution >= 4 is 22.4 Å². The smallest absolute Gasteiger partial charge is 0.255 e. The van der Waals surface area contributed by atoms with E-state index >= 15 is 0 Å². The van der Waals surface area contributed by atoms with Crippen molar-refractivity contribution in [1.29, 1.82) is 0 Å². The molecule has 3 aromatic rings. The van der Waals surface area contributed by atoms with Crippen molar-refractivity contribution in [3.63, 3.8) is 0 Å². The van der Waals surface area contributed by atoms with Gasteiger partial charge in [-0.15, -0.1) is 0 Å². The minimum atomic E-state index is -0.248. The highest BCUT2D eigenvalue weighted by Gasteiger charge is 2.28. The fraction of sp³-hybridized carbons (Fsp3) is 0.318. The van der Waals surface area contributed by atoms with Gasteiger partial charge >= 0.3 is 0 Å². The number of benzene rings is 2. The van der Waals surface area contributed by atoms with Gasteiger partial charge in [0, 0.05) is 17.6 Å². The van der Waals surface area contributed by atoms with Gasteiger partial charge in [-0.05, 0) is 72.9 Å². The highest BCUT2D eigenvalue weighted by atomic mass is 35.5. The van der Waals surface area contributed by atoms with Crippen molar-refractivity contribution in [1.82, 2.24) is 4.98 Å². The number of nitrogens with two attached hydrogens (primary N) is 1. The number of fused-ring (bicyclic) bond motifs is 1. The molecule has 4 rings (SSSR count). The number of aromatic amines is 1. The third kappa shape index (κ3) is 3.91. The molecule has 0 bridgehead atoms. The van der Waals surface area contributed by atoms with Crippen molar-refractivity contribution in [2.24, 2.45) is 11.7 Å². The molecule has 1 saturated carbocycles. The van der Waals surface area contributed by atoms with E-state index in [0.717, 1.165) is 36.6 Å². The molecule has 0 spiro atoms. The maximum absolute atomic E-state index is 13.1. The van der Waals surface area contributed by atoms with Crippen LogP contribution in [0.15, 0.2) is 53.5 Å². The summed E-state index contributed by atoms with van der Waals surface area (Å²) in [5, 5.41) is 1.79. The van der Waals surface area contributed by atoms with Crippen LogP contribution in [0.1, 0.15) is 37.3 Å². The Hall–Kier alpha value is -2.37. The summed E-state index contributed by atoms with van der Waals surface area (Å²) in [6.45, 7) is 0. The molecule has 1 fully saturated rings. The number of hydrogen-bond acceptors (Lipinski definition) is 3. The number of aromatic nitrogens is 1. The lowest BCUT2D eigenvalue weighted by molar-refractivity contribution is 0.123. The van der Waals surface area contributed by atoms with Crippen LogP contribution in [0.5, 0.6) is 5.75 Å². The Labute approximate surface area is 167 Å². The standard InChI is InChI=1S/C22H22ClFN2O2/c23-19-12-18-15(9-10-26-22(18)27)11-20(19)28-17-7-3-14(4-8-17)21(25)13-1-5-16(24)6-2-13/h1-2,5-6,9-12,14,17,21H,3-4,7-8,25H2,(H,26,27)/t14?,17?,21-/m0/s1. The fourth-order valence-corrected chi connectivity index (χ4v) is 4.19. The third-order valence-electron chi connectivity index (χ3n) is 5.60. The van der Waals surface area contributed by atoms with E-state index in [1.165, 1.54) is 12.1 Å². The van der Waals surface area contributed by atoms with Crippen LogP contribution in [-0.2, 0) is 0 Å². The van der Waals surface area contributed by atoms with Crippen LogP contribution in [0.25, 0.3) is 10.8 Å². The first-order valence-corrected chi connectivity index (χ1v) is 9.87. The third-order valence-corrected chi connectivity index (χ3v) is 5.90. The number of halogens is 2. The Morgan fingerprint density at radius 1 is 1.11 bits per heavy atom. The maximum atomic E-state index is 13.1.